The number of hydrogen-bond donors (Lipinski definition) is 3. The van der Waals surface area contributed by atoms with Crippen LogP contribution in [0.5, 0.6) is 0 Å². The standard InChI is InChI=1S/C20H39N3O7S6/c1-27-9-10-29-13-14-30-12-11-28-8-6-18(24)22-7-4-3-5-17(19(25)26)23-20(21)36-35-16-34-33-15-32-31-2/h17H,3-16H2,1-2H3,(H2,21,23)(H,22,24)(H,25,26)/t17-/m0/s1. The first-order valence-electron chi connectivity index (χ1n) is 11.3. The van der Waals surface area contributed by atoms with Gasteiger partial charge in [-0.2, -0.15) is 0 Å². The number of methoxy groups -OCH3 is 1. The zero-order valence-electron chi connectivity index (χ0n) is 20.8. The highest BCUT2D eigenvalue weighted by Crippen LogP contribution is 2.35. The van der Waals surface area contributed by atoms with Crippen LogP contribution in [0.1, 0.15) is 25.7 Å². The van der Waals surface area contributed by atoms with Gasteiger partial charge in [-0.3, -0.25) is 4.79 Å². The molecule has 36 heavy (non-hydrogen) atoms. The van der Waals surface area contributed by atoms with Gasteiger partial charge in [0.15, 0.2) is 5.17 Å². The third-order valence-corrected chi connectivity index (χ3v) is 11.9. The first-order valence-corrected chi connectivity index (χ1v) is 18.8. The molecule has 0 heterocycles. The van der Waals surface area contributed by atoms with Crippen LogP contribution in [0.2, 0.25) is 0 Å². The van der Waals surface area contributed by atoms with E-state index in [1.165, 1.54) is 10.8 Å². The quantitative estimate of drug-likeness (QED) is 0.0421. The lowest BCUT2D eigenvalue weighted by Gasteiger charge is -2.10. The van der Waals surface area contributed by atoms with E-state index in [1.54, 1.807) is 61.1 Å². The lowest BCUT2D eigenvalue weighted by Crippen LogP contribution is -2.26. The average molecular weight is 626 g/mol. The summed E-state index contributed by atoms with van der Waals surface area (Å²) in [5.41, 5.74) is 5.88. The second-order valence-electron chi connectivity index (χ2n) is 6.70. The summed E-state index contributed by atoms with van der Waals surface area (Å²) < 4.78 is 20.9. The topological polar surface area (TPSA) is 142 Å². The predicted octanol–water partition coefficient (Wildman–Crippen LogP) is 3.82. The summed E-state index contributed by atoms with van der Waals surface area (Å²) in [7, 11) is 11.5. The fourth-order valence-electron chi connectivity index (χ4n) is 2.29. The number of aliphatic imine (C=N–C) groups is 1. The van der Waals surface area contributed by atoms with Crippen LogP contribution in [0.15, 0.2) is 4.99 Å². The van der Waals surface area contributed by atoms with Gasteiger partial charge in [0.05, 0.1) is 56.4 Å². The molecule has 0 unspecified atom stereocenters. The van der Waals surface area contributed by atoms with Crippen LogP contribution in [-0.2, 0) is 28.5 Å². The zero-order chi connectivity index (χ0) is 26.7. The van der Waals surface area contributed by atoms with Crippen LogP contribution >= 0.6 is 64.8 Å². The molecular formula is C20H39N3O7S6. The molecule has 0 saturated heterocycles. The van der Waals surface area contributed by atoms with Crippen molar-refractivity contribution in [3.05, 3.63) is 0 Å². The maximum absolute atomic E-state index is 11.9. The SMILES string of the molecule is COCCOCCOCCOCCC(=O)NCCCC[C@H](N=C(N)SSCSSCSSC)C(=O)O. The molecule has 0 rings (SSSR count). The van der Waals surface area contributed by atoms with E-state index < -0.39 is 12.0 Å². The van der Waals surface area contributed by atoms with E-state index in [-0.39, 0.29) is 17.5 Å². The average Bonchev–Trinajstić information content (AvgIpc) is 2.85. The number of carboxylic acids is 1. The fraction of sp³-hybridized carbons (Fsp3) is 0.850. The van der Waals surface area contributed by atoms with Crippen molar-refractivity contribution < 1.29 is 33.6 Å². The summed E-state index contributed by atoms with van der Waals surface area (Å²) in [6, 6.07) is -0.874. The van der Waals surface area contributed by atoms with Gasteiger partial charge in [-0.25, -0.2) is 9.79 Å². The van der Waals surface area contributed by atoms with E-state index in [9.17, 15) is 14.7 Å². The molecule has 0 aromatic carbocycles. The molecule has 0 aliphatic rings. The maximum Gasteiger partial charge on any atom is 0.328 e. The molecule has 0 bridgehead atoms. The summed E-state index contributed by atoms with van der Waals surface area (Å²) in [6.07, 6.45) is 3.97. The Morgan fingerprint density at radius 3 is 2.14 bits per heavy atom. The highest BCUT2D eigenvalue weighted by Gasteiger charge is 2.16. The number of unbranched alkanes of at least 4 members (excludes halogenated alkanes) is 1. The predicted molar refractivity (Wildman–Crippen MR) is 160 cm³/mol. The highest BCUT2D eigenvalue weighted by molar-refractivity contribution is 8.89. The van der Waals surface area contributed by atoms with Crippen molar-refractivity contribution in [2.24, 2.45) is 10.7 Å². The molecule has 212 valence electrons. The first kappa shape index (κ1) is 36.4. The third kappa shape index (κ3) is 26.0. The van der Waals surface area contributed by atoms with Gasteiger partial charge in [0.1, 0.15) is 6.04 Å². The summed E-state index contributed by atoms with van der Waals surface area (Å²) in [5, 5.41) is 14.3. The molecule has 10 nitrogen and oxygen atoms in total. The summed E-state index contributed by atoms with van der Waals surface area (Å²) >= 11 is 0. The number of amides is 1. The first-order chi connectivity index (χ1) is 17.5. The molecule has 0 aromatic heterocycles. The summed E-state index contributed by atoms with van der Waals surface area (Å²) in [4.78, 5) is 27.5. The molecule has 16 heteroatoms. The van der Waals surface area contributed by atoms with Crippen LogP contribution in [0, 0.1) is 0 Å². The van der Waals surface area contributed by atoms with Gasteiger partial charge in [0, 0.05) is 20.1 Å². The van der Waals surface area contributed by atoms with Crippen molar-refractivity contribution in [2.75, 3.05) is 76.3 Å². The normalized spacial score (nSPS) is 12.6. The second-order valence-corrected chi connectivity index (χ2v) is 14.8. The van der Waals surface area contributed by atoms with Gasteiger partial charge < -0.3 is 35.1 Å². The number of amidine groups is 1. The number of carboxylic acid groups (broad SMARTS) is 1. The van der Waals surface area contributed by atoms with Gasteiger partial charge in [0.25, 0.3) is 0 Å². The summed E-state index contributed by atoms with van der Waals surface area (Å²) in [6.45, 7) is 3.76. The molecule has 0 fully saturated rings. The molecule has 0 saturated carbocycles. The molecule has 1 amide bonds. The van der Waals surface area contributed by atoms with Crippen molar-refractivity contribution >= 4 is 81.8 Å². The Labute approximate surface area is 238 Å². The van der Waals surface area contributed by atoms with Gasteiger partial charge in [-0.15, -0.1) is 0 Å². The van der Waals surface area contributed by atoms with Crippen molar-refractivity contribution in [1.82, 2.24) is 5.32 Å². The highest BCUT2D eigenvalue weighted by atomic mass is 33.2. The summed E-state index contributed by atoms with van der Waals surface area (Å²) in [5.74, 6) is -1.10. The number of nitrogens with two attached hydrogens (primary N) is 1. The molecule has 4 N–H and O–H groups in total. The minimum atomic E-state index is -0.994. The monoisotopic (exact) mass is 625 g/mol. The Kier molecular flexibility index (Phi) is 28.6. The number of rotatable bonds is 26. The third-order valence-electron chi connectivity index (χ3n) is 3.98. The Balaban J connectivity index is 3.73. The smallest absolute Gasteiger partial charge is 0.328 e. The van der Waals surface area contributed by atoms with Crippen LogP contribution in [0.3, 0.4) is 0 Å². The largest absolute Gasteiger partial charge is 0.480 e. The van der Waals surface area contributed by atoms with Crippen LogP contribution in [0.4, 0.5) is 0 Å². The van der Waals surface area contributed by atoms with Crippen LogP contribution in [0.25, 0.3) is 0 Å². The fourth-order valence-corrected chi connectivity index (χ4v) is 9.86. The van der Waals surface area contributed by atoms with Gasteiger partial charge in [0.2, 0.25) is 5.91 Å². The van der Waals surface area contributed by atoms with Gasteiger partial charge >= 0.3 is 5.97 Å². The van der Waals surface area contributed by atoms with Gasteiger partial charge in [-0.1, -0.05) is 54.0 Å². The van der Waals surface area contributed by atoms with Gasteiger partial charge in [-0.05, 0) is 36.3 Å². The minimum Gasteiger partial charge on any atom is -0.480 e. The Hall–Kier alpha value is 0.350. The number of carbonyl (C=O) groups excluding carboxylic acids is 1. The number of ether oxygens (including phenoxy) is 4. The number of nitrogens with one attached hydrogen (secondary N) is 1. The van der Waals surface area contributed by atoms with E-state index in [0.29, 0.717) is 72.1 Å². The number of aliphatic carboxylic acids is 1. The Bertz CT molecular complexity index is 582. The molecule has 0 aromatic rings. The minimum absolute atomic E-state index is 0.101. The number of hydrogen-bond acceptors (Lipinski definition) is 13. The Morgan fingerprint density at radius 1 is 0.917 bits per heavy atom. The molecule has 0 aliphatic heterocycles. The van der Waals surface area contributed by atoms with E-state index in [0.717, 1.165) is 10.2 Å². The lowest BCUT2D eigenvalue weighted by atomic mass is 10.1. The van der Waals surface area contributed by atoms with Crippen molar-refractivity contribution in [3.63, 3.8) is 0 Å². The van der Waals surface area contributed by atoms with E-state index in [4.69, 9.17) is 24.7 Å². The van der Waals surface area contributed by atoms with Crippen molar-refractivity contribution in [1.29, 1.82) is 0 Å². The zero-order valence-corrected chi connectivity index (χ0v) is 25.7. The molecule has 1 atom stereocenters. The molecular weight excluding hydrogens is 587 g/mol. The van der Waals surface area contributed by atoms with E-state index in [1.807, 2.05) is 6.26 Å². The van der Waals surface area contributed by atoms with E-state index in [2.05, 4.69) is 10.3 Å². The van der Waals surface area contributed by atoms with Crippen LogP contribution in [-0.4, -0.2) is 105 Å². The molecule has 0 spiro atoms. The maximum atomic E-state index is 11.9. The van der Waals surface area contributed by atoms with Crippen molar-refractivity contribution in [2.45, 2.75) is 31.7 Å². The van der Waals surface area contributed by atoms with E-state index >= 15 is 0 Å². The number of carbonyl (C=O) groups is 2. The molecule has 0 aliphatic carbocycles. The number of nitrogens with zero attached hydrogens (tertiary/aromatic N) is 1. The van der Waals surface area contributed by atoms with Crippen molar-refractivity contribution in [3.8, 4) is 0 Å². The van der Waals surface area contributed by atoms with Crippen LogP contribution < -0.4 is 11.1 Å². The lowest BCUT2D eigenvalue weighted by molar-refractivity contribution is -0.138. The molecule has 0 radical (unpaired) electrons. The Morgan fingerprint density at radius 2 is 1.53 bits per heavy atom. The second kappa shape index (κ2) is 28.4.